The molecular formula is C15H18N4O4. The second kappa shape index (κ2) is 7.48. The molecule has 0 aliphatic carbocycles. The predicted molar refractivity (Wildman–Crippen MR) is 81.9 cm³/mol. The van der Waals surface area contributed by atoms with Crippen LogP contribution in [-0.4, -0.2) is 32.5 Å². The van der Waals surface area contributed by atoms with E-state index < -0.39 is 4.92 Å². The normalized spacial score (nSPS) is 11.9. The fourth-order valence-electron chi connectivity index (χ4n) is 2.11. The van der Waals surface area contributed by atoms with E-state index in [9.17, 15) is 14.9 Å². The molecule has 0 amide bonds. The molecule has 1 aromatic heterocycles. The summed E-state index contributed by atoms with van der Waals surface area (Å²) in [4.78, 5) is 21.1. The van der Waals surface area contributed by atoms with E-state index in [1.807, 2.05) is 6.92 Å². The van der Waals surface area contributed by atoms with Crippen molar-refractivity contribution in [3.05, 3.63) is 51.8 Å². The topological polar surface area (TPSA) is 100 Å². The second-order valence-electron chi connectivity index (χ2n) is 5.15. The number of carbonyl (C=O) groups is 1. The predicted octanol–water partition coefficient (Wildman–Crippen LogP) is 2.29. The maximum absolute atomic E-state index is 10.9. The number of hydrogen-bond donors (Lipinski definition) is 0. The summed E-state index contributed by atoms with van der Waals surface area (Å²) < 4.78 is 6.71. The molecule has 2 rings (SSSR count). The first-order valence-electron chi connectivity index (χ1n) is 7.27. The van der Waals surface area contributed by atoms with Gasteiger partial charge in [-0.05, 0) is 12.0 Å². The first-order valence-corrected chi connectivity index (χ1v) is 7.27. The van der Waals surface area contributed by atoms with Crippen LogP contribution in [0.3, 0.4) is 0 Å². The van der Waals surface area contributed by atoms with Gasteiger partial charge in [0.1, 0.15) is 6.61 Å². The molecule has 0 aliphatic rings. The smallest absolute Gasteiger partial charge is 0.302 e. The van der Waals surface area contributed by atoms with Crippen LogP contribution in [0.1, 0.15) is 37.6 Å². The first kappa shape index (κ1) is 16.6. The molecule has 0 saturated heterocycles. The molecule has 2 aromatic rings. The van der Waals surface area contributed by atoms with Crippen LogP contribution in [0.15, 0.2) is 30.5 Å². The lowest BCUT2D eigenvalue weighted by atomic mass is 10.1. The summed E-state index contributed by atoms with van der Waals surface area (Å²) in [5, 5.41) is 18.8. The van der Waals surface area contributed by atoms with Crippen LogP contribution >= 0.6 is 0 Å². The number of nitrogens with zero attached hydrogens (tertiary/aromatic N) is 4. The summed E-state index contributed by atoms with van der Waals surface area (Å²) >= 11 is 0. The highest BCUT2D eigenvalue weighted by molar-refractivity contribution is 5.65. The third-order valence-electron chi connectivity index (χ3n) is 3.41. The molecule has 8 nitrogen and oxygen atoms in total. The van der Waals surface area contributed by atoms with Crippen LogP contribution in [0, 0.1) is 10.1 Å². The molecule has 1 heterocycles. The molecule has 1 aromatic carbocycles. The highest BCUT2D eigenvalue weighted by atomic mass is 16.6. The van der Waals surface area contributed by atoms with E-state index >= 15 is 0 Å². The fourth-order valence-corrected chi connectivity index (χ4v) is 2.11. The molecule has 0 bridgehead atoms. The Hall–Kier alpha value is -2.77. The third-order valence-corrected chi connectivity index (χ3v) is 3.41. The number of nitro groups is 1. The lowest BCUT2D eigenvalue weighted by molar-refractivity contribution is -0.384. The molecule has 0 spiro atoms. The van der Waals surface area contributed by atoms with Gasteiger partial charge in [-0.2, -0.15) is 0 Å². The minimum Gasteiger partial charge on any atom is -0.464 e. The SMILES string of the molecule is CCC(COC(C)=O)n1cc(Cc2ccc([N+](=O)[O-])cc2)nn1. The van der Waals surface area contributed by atoms with Gasteiger partial charge >= 0.3 is 5.97 Å². The van der Waals surface area contributed by atoms with Crippen molar-refractivity contribution in [1.29, 1.82) is 0 Å². The largest absolute Gasteiger partial charge is 0.464 e. The summed E-state index contributed by atoms with van der Waals surface area (Å²) in [6.45, 7) is 3.60. The van der Waals surface area contributed by atoms with Crippen molar-refractivity contribution in [2.75, 3.05) is 6.61 Å². The van der Waals surface area contributed by atoms with Gasteiger partial charge in [0.05, 0.1) is 16.7 Å². The molecule has 23 heavy (non-hydrogen) atoms. The number of aromatic nitrogens is 3. The maximum Gasteiger partial charge on any atom is 0.302 e. The number of ether oxygens (including phenoxy) is 1. The van der Waals surface area contributed by atoms with Gasteiger partial charge in [-0.1, -0.05) is 24.3 Å². The van der Waals surface area contributed by atoms with Crippen LogP contribution < -0.4 is 0 Å². The zero-order valence-electron chi connectivity index (χ0n) is 13.0. The van der Waals surface area contributed by atoms with Crippen LogP contribution in [0.2, 0.25) is 0 Å². The highest BCUT2D eigenvalue weighted by Crippen LogP contribution is 2.16. The van der Waals surface area contributed by atoms with Crippen molar-refractivity contribution in [3.8, 4) is 0 Å². The van der Waals surface area contributed by atoms with Crippen molar-refractivity contribution in [3.63, 3.8) is 0 Å². The average molecular weight is 318 g/mol. The van der Waals surface area contributed by atoms with Crippen LogP contribution in [0.5, 0.6) is 0 Å². The van der Waals surface area contributed by atoms with Gasteiger partial charge in [0.15, 0.2) is 0 Å². The Kier molecular flexibility index (Phi) is 5.40. The monoisotopic (exact) mass is 318 g/mol. The second-order valence-corrected chi connectivity index (χ2v) is 5.15. The Bertz CT molecular complexity index is 681. The first-order chi connectivity index (χ1) is 11.0. The van der Waals surface area contributed by atoms with Gasteiger partial charge in [-0.25, -0.2) is 4.68 Å². The molecule has 0 aliphatic heterocycles. The van der Waals surface area contributed by atoms with Crippen molar-refractivity contribution in [1.82, 2.24) is 15.0 Å². The van der Waals surface area contributed by atoms with E-state index in [-0.39, 0.29) is 24.3 Å². The average Bonchev–Trinajstić information content (AvgIpc) is 2.96. The highest BCUT2D eigenvalue weighted by Gasteiger charge is 2.13. The summed E-state index contributed by atoms with van der Waals surface area (Å²) in [6, 6.07) is 6.28. The van der Waals surface area contributed by atoms with Gasteiger partial charge in [-0.15, -0.1) is 5.10 Å². The van der Waals surface area contributed by atoms with Crippen LogP contribution in [0.25, 0.3) is 0 Å². The van der Waals surface area contributed by atoms with E-state index in [0.717, 1.165) is 17.7 Å². The number of esters is 1. The zero-order chi connectivity index (χ0) is 16.8. The van der Waals surface area contributed by atoms with Gasteiger partial charge in [0, 0.05) is 31.7 Å². The molecular weight excluding hydrogens is 300 g/mol. The summed E-state index contributed by atoms with van der Waals surface area (Å²) in [6.07, 6.45) is 3.09. The number of hydrogen-bond acceptors (Lipinski definition) is 6. The number of benzene rings is 1. The molecule has 1 atom stereocenters. The lowest BCUT2D eigenvalue weighted by Crippen LogP contribution is -2.17. The Morgan fingerprint density at radius 1 is 1.39 bits per heavy atom. The maximum atomic E-state index is 10.9. The Morgan fingerprint density at radius 3 is 2.65 bits per heavy atom. The Morgan fingerprint density at radius 2 is 2.09 bits per heavy atom. The summed E-state index contributed by atoms with van der Waals surface area (Å²) in [5.74, 6) is -0.324. The quantitative estimate of drug-likeness (QED) is 0.441. The van der Waals surface area contributed by atoms with E-state index in [4.69, 9.17) is 4.74 Å². The number of non-ortho nitro benzene ring substituents is 1. The van der Waals surface area contributed by atoms with E-state index in [1.165, 1.54) is 19.1 Å². The fraction of sp³-hybridized carbons (Fsp3) is 0.400. The standard InChI is InChI=1S/C15H18N4O4/c1-3-14(10-23-11(2)20)18-9-13(16-17-18)8-12-4-6-15(7-5-12)19(21)22/h4-7,9,14H,3,8,10H2,1-2H3. The van der Waals surface area contributed by atoms with Gasteiger partial charge in [0.2, 0.25) is 0 Å². The molecule has 8 heteroatoms. The van der Waals surface area contributed by atoms with Crippen LogP contribution in [0.4, 0.5) is 5.69 Å². The zero-order valence-corrected chi connectivity index (χ0v) is 13.0. The number of carbonyl (C=O) groups excluding carboxylic acids is 1. The Labute approximate surface area is 133 Å². The molecule has 0 radical (unpaired) electrons. The molecule has 0 fully saturated rings. The van der Waals surface area contributed by atoms with E-state index in [1.54, 1.807) is 23.0 Å². The summed E-state index contributed by atoms with van der Waals surface area (Å²) in [7, 11) is 0. The van der Waals surface area contributed by atoms with Crippen molar-refractivity contribution >= 4 is 11.7 Å². The molecule has 122 valence electrons. The van der Waals surface area contributed by atoms with E-state index in [0.29, 0.717) is 6.42 Å². The van der Waals surface area contributed by atoms with E-state index in [2.05, 4.69) is 10.3 Å². The minimum absolute atomic E-state index is 0.0583. The summed E-state index contributed by atoms with van der Waals surface area (Å²) in [5.41, 5.74) is 1.72. The minimum atomic E-state index is -0.430. The van der Waals surface area contributed by atoms with Crippen molar-refractivity contribution in [2.45, 2.75) is 32.7 Å². The lowest BCUT2D eigenvalue weighted by Gasteiger charge is -2.13. The van der Waals surface area contributed by atoms with Crippen molar-refractivity contribution < 1.29 is 14.5 Å². The van der Waals surface area contributed by atoms with Gasteiger partial charge in [0.25, 0.3) is 5.69 Å². The van der Waals surface area contributed by atoms with Gasteiger partial charge < -0.3 is 4.74 Å². The van der Waals surface area contributed by atoms with Crippen LogP contribution in [-0.2, 0) is 16.0 Å². The third kappa shape index (κ3) is 4.60. The van der Waals surface area contributed by atoms with Gasteiger partial charge in [-0.3, -0.25) is 14.9 Å². The Balaban J connectivity index is 2.03. The molecule has 0 N–H and O–H groups in total. The number of rotatable bonds is 7. The van der Waals surface area contributed by atoms with Crippen molar-refractivity contribution in [2.24, 2.45) is 0 Å². The molecule has 1 unspecified atom stereocenters. The number of nitro benzene ring substituents is 1. The molecule has 0 saturated carbocycles.